The molecule has 1 aliphatic rings. The largest absolute Gasteiger partial charge is 0.361 e. The average molecular weight is 271 g/mol. The Labute approximate surface area is 110 Å². The van der Waals surface area contributed by atoms with Crippen molar-refractivity contribution < 1.29 is 0 Å². The summed E-state index contributed by atoms with van der Waals surface area (Å²) < 4.78 is 0. The van der Waals surface area contributed by atoms with Crippen molar-refractivity contribution in [3.05, 3.63) is 10.0 Å². The summed E-state index contributed by atoms with van der Waals surface area (Å²) in [5, 5.41) is 16.5. The van der Waals surface area contributed by atoms with Crippen LogP contribution in [0.3, 0.4) is 0 Å². The Kier molecular flexibility index (Phi) is 3.87. The number of nitrogens with zero attached hydrogens (tertiary/aromatic N) is 2. The second kappa shape index (κ2) is 5.21. The van der Waals surface area contributed by atoms with Gasteiger partial charge in [-0.05, 0) is 24.8 Å². The van der Waals surface area contributed by atoms with Gasteiger partial charge in [0.15, 0.2) is 10.3 Å². The molecule has 2 rings (SSSR count). The lowest BCUT2D eigenvalue weighted by molar-refractivity contribution is 0.253. The third-order valence-corrected chi connectivity index (χ3v) is 4.34. The standard InChI is InChI=1S/C11H15ClN4S/c1-11(3-2-4-14-6-11)7-15-10-16-9(12)8(5-13)17-10/h14H,2-4,6-7H2,1H3,(H,15,16). The normalized spacial score (nSPS) is 24.3. The SMILES string of the molecule is CC1(CNc2nc(Cl)c(C#N)s2)CCCNC1. The van der Waals surface area contributed by atoms with E-state index < -0.39 is 0 Å². The van der Waals surface area contributed by atoms with Crippen LogP contribution in [0, 0.1) is 16.7 Å². The first-order valence-electron chi connectivity index (χ1n) is 5.64. The molecule has 92 valence electrons. The molecule has 1 saturated heterocycles. The molecule has 0 saturated carbocycles. The minimum atomic E-state index is 0.253. The van der Waals surface area contributed by atoms with Gasteiger partial charge >= 0.3 is 0 Å². The summed E-state index contributed by atoms with van der Waals surface area (Å²) in [5.41, 5.74) is 0.253. The van der Waals surface area contributed by atoms with Gasteiger partial charge in [-0.25, -0.2) is 4.98 Å². The number of aromatic nitrogens is 1. The summed E-state index contributed by atoms with van der Waals surface area (Å²) >= 11 is 7.14. The second-order valence-electron chi connectivity index (χ2n) is 4.70. The molecular formula is C11H15ClN4S. The fraction of sp³-hybridized carbons (Fsp3) is 0.636. The van der Waals surface area contributed by atoms with Crippen molar-refractivity contribution in [1.29, 1.82) is 5.26 Å². The van der Waals surface area contributed by atoms with Gasteiger partial charge in [-0.15, -0.1) is 0 Å². The number of nitriles is 1. The highest BCUT2D eigenvalue weighted by Gasteiger charge is 2.26. The molecular weight excluding hydrogens is 256 g/mol. The van der Waals surface area contributed by atoms with Crippen LogP contribution in [0.15, 0.2) is 0 Å². The van der Waals surface area contributed by atoms with Crippen LogP contribution < -0.4 is 10.6 Å². The van der Waals surface area contributed by atoms with Crippen LogP contribution in [-0.4, -0.2) is 24.6 Å². The fourth-order valence-electron chi connectivity index (χ4n) is 2.00. The Hall–Kier alpha value is -0.830. The summed E-state index contributed by atoms with van der Waals surface area (Å²) in [4.78, 5) is 4.60. The van der Waals surface area contributed by atoms with E-state index in [1.54, 1.807) is 0 Å². The Balaban J connectivity index is 1.95. The highest BCUT2D eigenvalue weighted by atomic mass is 35.5. The monoisotopic (exact) mass is 270 g/mol. The van der Waals surface area contributed by atoms with Gasteiger partial charge in [0.05, 0.1) is 0 Å². The van der Waals surface area contributed by atoms with Crippen molar-refractivity contribution >= 4 is 28.1 Å². The molecule has 4 nitrogen and oxygen atoms in total. The fourth-order valence-corrected chi connectivity index (χ4v) is 2.95. The maximum Gasteiger partial charge on any atom is 0.185 e. The zero-order valence-electron chi connectivity index (χ0n) is 9.72. The van der Waals surface area contributed by atoms with Crippen molar-refractivity contribution in [1.82, 2.24) is 10.3 Å². The van der Waals surface area contributed by atoms with Crippen LogP contribution >= 0.6 is 22.9 Å². The predicted octanol–water partition coefficient (Wildman–Crippen LogP) is 2.47. The molecule has 1 atom stereocenters. The van der Waals surface area contributed by atoms with E-state index >= 15 is 0 Å². The number of rotatable bonds is 3. The zero-order valence-corrected chi connectivity index (χ0v) is 11.3. The minimum absolute atomic E-state index is 0.253. The number of nitrogens with one attached hydrogen (secondary N) is 2. The summed E-state index contributed by atoms with van der Waals surface area (Å²) in [6, 6.07) is 2.03. The van der Waals surface area contributed by atoms with E-state index in [9.17, 15) is 0 Å². The van der Waals surface area contributed by atoms with Crippen molar-refractivity contribution in [2.75, 3.05) is 25.0 Å². The molecule has 0 amide bonds. The summed E-state index contributed by atoms with van der Waals surface area (Å²) in [6.07, 6.45) is 2.41. The third kappa shape index (κ3) is 3.09. The van der Waals surface area contributed by atoms with E-state index in [0.717, 1.165) is 24.8 Å². The number of thiazole rings is 1. The molecule has 0 spiro atoms. The van der Waals surface area contributed by atoms with E-state index in [-0.39, 0.29) is 5.41 Å². The van der Waals surface area contributed by atoms with Gasteiger partial charge in [0, 0.05) is 13.1 Å². The molecule has 1 unspecified atom stereocenters. The molecule has 1 aromatic heterocycles. The molecule has 1 aromatic rings. The number of anilines is 1. The molecule has 0 bridgehead atoms. The first kappa shape index (κ1) is 12.6. The van der Waals surface area contributed by atoms with Crippen LogP contribution in [0.2, 0.25) is 5.15 Å². The molecule has 0 aliphatic carbocycles. The van der Waals surface area contributed by atoms with Crippen LogP contribution in [0.4, 0.5) is 5.13 Å². The predicted molar refractivity (Wildman–Crippen MR) is 70.5 cm³/mol. The Morgan fingerprint density at radius 2 is 2.53 bits per heavy atom. The Morgan fingerprint density at radius 3 is 3.12 bits per heavy atom. The number of piperidine rings is 1. The smallest absolute Gasteiger partial charge is 0.185 e. The summed E-state index contributed by atoms with van der Waals surface area (Å²) in [7, 11) is 0. The van der Waals surface area contributed by atoms with Gasteiger partial charge in [-0.2, -0.15) is 5.26 Å². The molecule has 1 fully saturated rings. The van der Waals surface area contributed by atoms with Gasteiger partial charge in [-0.3, -0.25) is 0 Å². The first-order valence-corrected chi connectivity index (χ1v) is 6.83. The van der Waals surface area contributed by atoms with Crippen LogP contribution in [0.5, 0.6) is 0 Å². The first-order chi connectivity index (χ1) is 8.13. The second-order valence-corrected chi connectivity index (χ2v) is 6.05. The van der Waals surface area contributed by atoms with E-state index in [0.29, 0.717) is 10.0 Å². The highest BCUT2D eigenvalue weighted by Crippen LogP contribution is 2.29. The number of hydrogen-bond donors (Lipinski definition) is 2. The van der Waals surface area contributed by atoms with E-state index in [4.69, 9.17) is 16.9 Å². The van der Waals surface area contributed by atoms with Crippen LogP contribution in [0.25, 0.3) is 0 Å². The zero-order chi connectivity index (χ0) is 12.3. The molecule has 2 heterocycles. The van der Waals surface area contributed by atoms with Crippen molar-refractivity contribution in [2.45, 2.75) is 19.8 Å². The van der Waals surface area contributed by atoms with E-state index in [2.05, 4.69) is 22.5 Å². The summed E-state index contributed by atoms with van der Waals surface area (Å²) in [6.45, 7) is 5.24. The van der Waals surface area contributed by atoms with Gasteiger partial charge in [0.25, 0.3) is 0 Å². The molecule has 6 heteroatoms. The van der Waals surface area contributed by atoms with E-state index in [1.165, 1.54) is 24.2 Å². The third-order valence-electron chi connectivity index (χ3n) is 3.04. The topological polar surface area (TPSA) is 60.7 Å². The molecule has 0 aromatic carbocycles. The molecule has 1 aliphatic heterocycles. The van der Waals surface area contributed by atoms with Gasteiger partial charge < -0.3 is 10.6 Å². The lowest BCUT2D eigenvalue weighted by Gasteiger charge is -2.34. The van der Waals surface area contributed by atoms with Gasteiger partial charge in [0.1, 0.15) is 10.9 Å². The Bertz CT molecular complexity index is 431. The van der Waals surface area contributed by atoms with Gasteiger partial charge in [-0.1, -0.05) is 29.9 Å². The minimum Gasteiger partial charge on any atom is -0.361 e. The molecule has 2 N–H and O–H groups in total. The van der Waals surface area contributed by atoms with Crippen LogP contribution in [-0.2, 0) is 0 Å². The summed E-state index contributed by atoms with van der Waals surface area (Å²) in [5.74, 6) is 0. The number of halogens is 1. The maximum absolute atomic E-state index is 8.80. The molecule has 0 radical (unpaired) electrons. The van der Waals surface area contributed by atoms with Gasteiger partial charge in [0.2, 0.25) is 0 Å². The highest BCUT2D eigenvalue weighted by molar-refractivity contribution is 7.16. The quantitative estimate of drug-likeness (QED) is 0.886. The van der Waals surface area contributed by atoms with E-state index in [1.807, 2.05) is 6.07 Å². The average Bonchev–Trinajstić information content (AvgIpc) is 2.68. The Morgan fingerprint density at radius 1 is 1.71 bits per heavy atom. The lowest BCUT2D eigenvalue weighted by Crippen LogP contribution is -2.42. The molecule has 17 heavy (non-hydrogen) atoms. The number of hydrogen-bond acceptors (Lipinski definition) is 5. The maximum atomic E-state index is 8.80. The van der Waals surface area contributed by atoms with Crippen LogP contribution in [0.1, 0.15) is 24.6 Å². The van der Waals surface area contributed by atoms with Crippen molar-refractivity contribution in [3.63, 3.8) is 0 Å². The van der Waals surface area contributed by atoms with Crippen molar-refractivity contribution in [2.24, 2.45) is 5.41 Å². The lowest BCUT2D eigenvalue weighted by atomic mass is 9.83. The van der Waals surface area contributed by atoms with Crippen molar-refractivity contribution in [3.8, 4) is 6.07 Å².